The van der Waals surface area contributed by atoms with E-state index in [2.05, 4.69) is 21.3 Å². The average Bonchev–Trinajstić information content (AvgIpc) is 3.13. The molecule has 4 rings (SSSR count). The molecule has 1 fully saturated rings. The number of piperidine rings is 1. The number of nitriles is 1. The van der Waals surface area contributed by atoms with Gasteiger partial charge in [0.05, 0.1) is 5.56 Å². The fourth-order valence-electron chi connectivity index (χ4n) is 3.59. The minimum Gasteiger partial charge on any atom is -0.480 e. The molecule has 6 nitrogen and oxygen atoms in total. The Balaban J connectivity index is 1.32. The SMILES string of the molecule is N#Cc1cccnc1N1CCC(NC(=O)[C@H]2Cc3ccccc3O2)CC1. The molecule has 26 heavy (non-hydrogen) atoms. The molecule has 0 aliphatic carbocycles. The summed E-state index contributed by atoms with van der Waals surface area (Å²) in [5, 5.41) is 12.3. The molecule has 1 saturated heterocycles. The second-order valence-corrected chi connectivity index (χ2v) is 6.67. The van der Waals surface area contributed by atoms with E-state index in [0.29, 0.717) is 12.0 Å². The van der Waals surface area contributed by atoms with E-state index in [1.165, 1.54) is 0 Å². The van der Waals surface area contributed by atoms with E-state index in [9.17, 15) is 10.1 Å². The molecule has 3 heterocycles. The number of amides is 1. The van der Waals surface area contributed by atoms with Gasteiger partial charge in [0.1, 0.15) is 17.6 Å². The van der Waals surface area contributed by atoms with Crippen molar-refractivity contribution >= 4 is 11.7 Å². The van der Waals surface area contributed by atoms with Crippen LogP contribution in [0.25, 0.3) is 0 Å². The highest BCUT2D eigenvalue weighted by atomic mass is 16.5. The van der Waals surface area contributed by atoms with Crippen LogP contribution in [-0.2, 0) is 11.2 Å². The summed E-state index contributed by atoms with van der Waals surface area (Å²) in [6, 6.07) is 13.7. The largest absolute Gasteiger partial charge is 0.480 e. The standard InChI is InChI=1S/C20H20N4O2/c21-13-15-5-3-9-22-19(15)24-10-7-16(8-11-24)23-20(25)18-12-14-4-1-2-6-17(14)26-18/h1-6,9,16,18H,7-8,10-12H2,(H,23,25)/t18-/m1/s1. The third-order valence-corrected chi connectivity index (χ3v) is 4.99. The van der Waals surface area contributed by atoms with E-state index < -0.39 is 6.10 Å². The number of para-hydroxylation sites is 1. The molecule has 132 valence electrons. The summed E-state index contributed by atoms with van der Waals surface area (Å²) in [4.78, 5) is 19.0. The Morgan fingerprint density at radius 2 is 2.04 bits per heavy atom. The van der Waals surface area contributed by atoms with E-state index in [-0.39, 0.29) is 11.9 Å². The van der Waals surface area contributed by atoms with Crippen LogP contribution in [0.5, 0.6) is 5.75 Å². The summed E-state index contributed by atoms with van der Waals surface area (Å²) in [6.45, 7) is 1.53. The molecular weight excluding hydrogens is 328 g/mol. The fraction of sp³-hybridized carbons (Fsp3) is 0.350. The number of ether oxygens (including phenoxy) is 1. The Morgan fingerprint density at radius 1 is 1.23 bits per heavy atom. The Labute approximate surface area is 152 Å². The monoisotopic (exact) mass is 348 g/mol. The summed E-state index contributed by atoms with van der Waals surface area (Å²) in [6.07, 6.45) is 3.55. The molecule has 6 heteroatoms. The number of hydrogen-bond donors (Lipinski definition) is 1. The molecule has 1 N–H and O–H groups in total. The number of anilines is 1. The van der Waals surface area contributed by atoms with Crippen molar-refractivity contribution in [1.29, 1.82) is 5.26 Å². The second-order valence-electron chi connectivity index (χ2n) is 6.67. The topological polar surface area (TPSA) is 78.3 Å². The molecule has 1 atom stereocenters. The van der Waals surface area contributed by atoms with Crippen LogP contribution in [0.1, 0.15) is 24.0 Å². The summed E-state index contributed by atoms with van der Waals surface area (Å²) in [5.74, 6) is 1.49. The van der Waals surface area contributed by atoms with E-state index in [0.717, 1.165) is 43.1 Å². The lowest BCUT2D eigenvalue weighted by Gasteiger charge is -2.33. The molecule has 0 radical (unpaired) electrons. The lowest BCUT2D eigenvalue weighted by atomic mass is 10.0. The van der Waals surface area contributed by atoms with Crippen molar-refractivity contribution < 1.29 is 9.53 Å². The number of benzene rings is 1. The highest BCUT2D eigenvalue weighted by Crippen LogP contribution is 2.28. The van der Waals surface area contributed by atoms with Gasteiger partial charge in [-0.15, -0.1) is 0 Å². The quantitative estimate of drug-likeness (QED) is 0.918. The zero-order valence-corrected chi connectivity index (χ0v) is 14.4. The number of fused-ring (bicyclic) bond motifs is 1. The maximum atomic E-state index is 12.5. The van der Waals surface area contributed by atoms with E-state index in [1.807, 2.05) is 24.3 Å². The molecule has 2 aliphatic rings. The van der Waals surface area contributed by atoms with Crippen LogP contribution in [0.4, 0.5) is 5.82 Å². The van der Waals surface area contributed by atoms with Gasteiger partial charge in [-0.3, -0.25) is 4.79 Å². The van der Waals surface area contributed by atoms with Gasteiger partial charge in [0.2, 0.25) is 0 Å². The van der Waals surface area contributed by atoms with Gasteiger partial charge in [0, 0.05) is 31.7 Å². The number of rotatable bonds is 3. The van der Waals surface area contributed by atoms with Crippen molar-refractivity contribution in [3.63, 3.8) is 0 Å². The van der Waals surface area contributed by atoms with Gasteiger partial charge in [-0.1, -0.05) is 18.2 Å². The first-order chi connectivity index (χ1) is 12.7. The summed E-state index contributed by atoms with van der Waals surface area (Å²) in [5.41, 5.74) is 1.67. The number of carbonyl (C=O) groups is 1. The molecule has 0 spiro atoms. The molecule has 2 aromatic rings. The Kier molecular flexibility index (Phi) is 4.44. The Bertz CT molecular complexity index is 828. The molecule has 0 unspecified atom stereocenters. The predicted octanol–water partition coefficient (Wildman–Crippen LogP) is 2.04. The van der Waals surface area contributed by atoms with Crippen LogP contribution in [0.15, 0.2) is 42.6 Å². The van der Waals surface area contributed by atoms with Crippen LogP contribution >= 0.6 is 0 Å². The van der Waals surface area contributed by atoms with E-state index in [4.69, 9.17) is 4.74 Å². The van der Waals surface area contributed by atoms with Gasteiger partial charge in [0.25, 0.3) is 5.91 Å². The minimum absolute atomic E-state index is 0.0461. The lowest BCUT2D eigenvalue weighted by molar-refractivity contribution is -0.128. The van der Waals surface area contributed by atoms with Crippen LogP contribution in [0.2, 0.25) is 0 Å². The molecule has 2 aliphatic heterocycles. The predicted molar refractivity (Wildman–Crippen MR) is 96.9 cm³/mol. The van der Waals surface area contributed by atoms with Crippen molar-refractivity contribution in [1.82, 2.24) is 10.3 Å². The van der Waals surface area contributed by atoms with E-state index in [1.54, 1.807) is 18.3 Å². The van der Waals surface area contributed by atoms with Crippen LogP contribution in [-0.4, -0.2) is 36.1 Å². The van der Waals surface area contributed by atoms with Crippen LogP contribution in [0.3, 0.4) is 0 Å². The van der Waals surface area contributed by atoms with Crippen molar-refractivity contribution in [3.05, 3.63) is 53.7 Å². The van der Waals surface area contributed by atoms with E-state index >= 15 is 0 Å². The Hall–Kier alpha value is -3.07. The summed E-state index contributed by atoms with van der Waals surface area (Å²) in [7, 11) is 0. The number of carbonyl (C=O) groups excluding carboxylic acids is 1. The van der Waals surface area contributed by atoms with Gasteiger partial charge in [0.15, 0.2) is 6.10 Å². The highest BCUT2D eigenvalue weighted by molar-refractivity contribution is 5.82. The van der Waals surface area contributed by atoms with Crippen molar-refractivity contribution in [2.45, 2.75) is 31.4 Å². The number of aromatic nitrogens is 1. The number of nitrogens with zero attached hydrogens (tertiary/aromatic N) is 3. The van der Waals surface area contributed by atoms with Gasteiger partial charge < -0.3 is 15.0 Å². The van der Waals surface area contributed by atoms with Gasteiger partial charge in [-0.2, -0.15) is 5.26 Å². The minimum atomic E-state index is -0.439. The first kappa shape index (κ1) is 16.4. The molecule has 1 aromatic heterocycles. The zero-order valence-electron chi connectivity index (χ0n) is 14.4. The molecule has 1 aromatic carbocycles. The zero-order chi connectivity index (χ0) is 17.9. The number of pyridine rings is 1. The molecule has 0 bridgehead atoms. The smallest absolute Gasteiger partial charge is 0.261 e. The molecular formula is C20H20N4O2. The highest BCUT2D eigenvalue weighted by Gasteiger charge is 2.31. The van der Waals surface area contributed by atoms with Gasteiger partial charge in [-0.25, -0.2) is 4.98 Å². The summed E-state index contributed by atoms with van der Waals surface area (Å²) >= 11 is 0. The third kappa shape index (κ3) is 3.21. The first-order valence-corrected chi connectivity index (χ1v) is 8.89. The average molecular weight is 348 g/mol. The van der Waals surface area contributed by atoms with Gasteiger partial charge in [-0.05, 0) is 36.6 Å². The van der Waals surface area contributed by atoms with Gasteiger partial charge >= 0.3 is 0 Å². The lowest BCUT2D eigenvalue weighted by Crippen LogP contribution is -2.48. The van der Waals surface area contributed by atoms with Crippen LogP contribution < -0.4 is 15.0 Å². The first-order valence-electron chi connectivity index (χ1n) is 8.89. The third-order valence-electron chi connectivity index (χ3n) is 4.99. The van der Waals surface area contributed by atoms with Crippen molar-refractivity contribution in [2.24, 2.45) is 0 Å². The fourth-order valence-corrected chi connectivity index (χ4v) is 3.59. The van der Waals surface area contributed by atoms with Crippen LogP contribution in [0, 0.1) is 11.3 Å². The maximum absolute atomic E-state index is 12.5. The molecule has 0 saturated carbocycles. The second kappa shape index (κ2) is 7.04. The maximum Gasteiger partial charge on any atom is 0.261 e. The van der Waals surface area contributed by atoms with Crippen molar-refractivity contribution in [2.75, 3.05) is 18.0 Å². The number of nitrogens with one attached hydrogen (secondary N) is 1. The summed E-state index contributed by atoms with van der Waals surface area (Å²) < 4.78 is 5.76. The Morgan fingerprint density at radius 3 is 2.81 bits per heavy atom. The normalized spacial score (nSPS) is 19.3. The molecule has 1 amide bonds. The number of hydrogen-bond acceptors (Lipinski definition) is 5. The van der Waals surface area contributed by atoms with Crippen molar-refractivity contribution in [3.8, 4) is 11.8 Å².